The van der Waals surface area contributed by atoms with E-state index in [1.807, 2.05) is 0 Å². The third-order valence-corrected chi connectivity index (χ3v) is 7.83. The van der Waals surface area contributed by atoms with Crippen LogP contribution in [0, 0.1) is 0 Å². The lowest BCUT2D eigenvalue weighted by Gasteiger charge is -2.22. The molecule has 172 valence electrons. The van der Waals surface area contributed by atoms with E-state index in [0.717, 1.165) is 11.4 Å². The molecule has 0 atom stereocenters. The fraction of sp³-hybridized carbons (Fsp3) is 0.0857. The molecular formula is C35H27N. The molecule has 0 fully saturated rings. The lowest BCUT2D eigenvalue weighted by atomic mass is 9.82. The highest BCUT2D eigenvalue weighted by atomic mass is 14.9. The molecule has 0 unspecified atom stereocenters. The molecule has 0 radical (unpaired) electrons. The van der Waals surface area contributed by atoms with Gasteiger partial charge in [-0.1, -0.05) is 111 Å². The van der Waals surface area contributed by atoms with Gasteiger partial charge in [0.05, 0.1) is 0 Å². The van der Waals surface area contributed by atoms with Crippen molar-refractivity contribution in [1.29, 1.82) is 0 Å². The molecule has 7 rings (SSSR count). The lowest BCUT2D eigenvalue weighted by Crippen LogP contribution is -2.15. The molecule has 0 spiro atoms. The lowest BCUT2D eigenvalue weighted by molar-refractivity contribution is 0.660. The molecule has 6 aromatic rings. The molecule has 0 heterocycles. The van der Waals surface area contributed by atoms with Gasteiger partial charge in [0.25, 0.3) is 0 Å². The van der Waals surface area contributed by atoms with Gasteiger partial charge in [-0.05, 0) is 73.6 Å². The number of hydrogen-bond acceptors (Lipinski definition) is 1. The van der Waals surface area contributed by atoms with E-state index in [2.05, 4.69) is 140 Å². The number of anilines is 2. The van der Waals surface area contributed by atoms with Gasteiger partial charge in [-0.15, -0.1) is 0 Å². The maximum Gasteiger partial charge on any atom is 0.0470 e. The van der Waals surface area contributed by atoms with Crippen molar-refractivity contribution in [2.45, 2.75) is 19.3 Å². The van der Waals surface area contributed by atoms with Crippen molar-refractivity contribution in [2.75, 3.05) is 5.32 Å². The van der Waals surface area contributed by atoms with Crippen molar-refractivity contribution in [3.8, 4) is 22.3 Å². The van der Waals surface area contributed by atoms with Crippen LogP contribution in [-0.4, -0.2) is 0 Å². The Morgan fingerprint density at radius 1 is 0.528 bits per heavy atom. The molecule has 1 nitrogen and oxygen atoms in total. The first-order valence-electron chi connectivity index (χ1n) is 12.6. The summed E-state index contributed by atoms with van der Waals surface area (Å²) in [4.78, 5) is 0. The van der Waals surface area contributed by atoms with Gasteiger partial charge in [0.2, 0.25) is 0 Å². The Kier molecular flexibility index (Phi) is 4.56. The molecule has 0 bridgehead atoms. The number of hydrogen-bond donors (Lipinski definition) is 1. The molecule has 1 aliphatic carbocycles. The maximum absolute atomic E-state index is 3.81. The third-order valence-electron chi connectivity index (χ3n) is 7.83. The molecule has 0 saturated carbocycles. The largest absolute Gasteiger partial charge is 0.355 e. The minimum Gasteiger partial charge on any atom is -0.355 e. The summed E-state index contributed by atoms with van der Waals surface area (Å²) in [6, 6.07) is 44.1. The van der Waals surface area contributed by atoms with Gasteiger partial charge in [0.1, 0.15) is 0 Å². The van der Waals surface area contributed by atoms with Gasteiger partial charge in [0.15, 0.2) is 0 Å². The van der Waals surface area contributed by atoms with Crippen LogP contribution in [-0.2, 0) is 5.41 Å². The highest BCUT2D eigenvalue weighted by Crippen LogP contribution is 2.49. The van der Waals surface area contributed by atoms with Crippen molar-refractivity contribution in [2.24, 2.45) is 0 Å². The third kappa shape index (κ3) is 3.17. The fourth-order valence-electron chi connectivity index (χ4n) is 5.97. The van der Waals surface area contributed by atoms with Gasteiger partial charge >= 0.3 is 0 Å². The quantitative estimate of drug-likeness (QED) is 0.276. The zero-order valence-corrected chi connectivity index (χ0v) is 20.5. The van der Waals surface area contributed by atoms with Crippen LogP contribution in [0.3, 0.4) is 0 Å². The fourth-order valence-corrected chi connectivity index (χ4v) is 5.97. The summed E-state index contributed by atoms with van der Waals surface area (Å²) in [5.41, 5.74) is 10.2. The first-order valence-corrected chi connectivity index (χ1v) is 12.6. The van der Waals surface area contributed by atoms with Gasteiger partial charge in [-0.3, -0.25) is 0 Å². The maximum atomic E-state index is 3.81. The van der Waals surface area contributed by atoms with E-state index < -0.39 is 0 Å². The van der Waals surface area contributed by atoms with Gasteiger partial charge < -0.3 is 5.32 Å². The topological polar surface area (TPSA) is 12.0 Å². The van der Waals surface area contributed by atoms with E-state index in [9.17, 15) is 0 Å². The van der Waals surface area contributed by atoms with Crippen LogP contribution in [0.4, 0.5) is 11.4 Å². The van der Waals surface area contributed by atoms with Crippen LogP contribution in [0.25, 0.3) is 43.8 Å². The summed E-state index contributed by atoms with van der Waals surface area (Å²) in [6.07, 6.45) is 0. The Morgan fingerprint density at radius 2 is 1.22 bits per heavy atom. The molecule has 6 aromatic carbocycles. The SMILES string of the molecule is CC1(C)c2ccccc2-c2ccc(Nc3ccc4ccccc4c3-c3ccc4ccccc4c3)cc21. The van der Waals surface area contributed by atoms with Gasteiger partial charge in [-0.2, -0.15) is 0 Å². The van der Waals surface area contributed by atoms with Gasteiger partial charge in [0, 0.05) is 22.4 Å². The van der Waals surface area contributed by atoms with Crippen molar-refractivity contribution in [1.82, 2.24) is 0 Å². The second-order valence-electron chi connectivity index (χ2n) is 10.3. The number of nitrogens with one attached hydrogen (secondary N) is 1. The second-order valence-corrected chi connectivity index (χ2v) is 10.3. The summed E-state index contributed by atoms with van der Waals surface area (Å²) in [6.45, 7) is 4.66. The number of rotatable bonds is 3. The minimum absolute atomic E-state index is 0.0197. The van der Waals surface area contributed by atoms with E-state index in [1.165, 1.54) is 54.9 Å². The zero-order valence-electron chi connectivity index (χ0n) is 20.5. The molecule has 0 amide bonds. The van der Waals surface area contributed by atoms with Crippen LogP contribution in [0.2, 0.25) is 0 Å². The van der Waals surface area contributed by atoms with Crippen LogP contribution in [0.1, 0.15) is 25.0 Å². The number of fused-ring (bicyclic) bond motifs is 5. The predicted octanol–water partition coefficient (Wildman–Crippen LogP) is 9.71. The zero-order chi connectivity index (χ0) is 24.3. The van der Waals surface area contributed by atoms with E-state index in [4.69, 9.17) is 0 Å². The smallest absolute Gasteiger partial charge is 0.0470 e. The van der Waals surface area contributed by atoms with Crippen molar-refractivity contribution in [3.05, 3.63) is 132 Å². The second kappa shape index (κ2) is 7.83. The molecular weight excluding hydrogens is 434 g/mol. The Hall–Kier alpha value is -4.36. The van der Waals surface area contributed by atoms with Crippen LogP contribution in [0.15, 0.2) is 121 Å². The highest BCUT2D eigenvalue weighted by molar-refractivity contribution is 6.05. The summed E-state index contributed by atoms with van der Waals surface area (Å²) in [5.74, 6) is 0. The normalized spacial score (nSPS) is 13.5. The van der Waals surface area contributed by atoms with Crippen LogP contribution >= 0.6 is 0 Å². The van der Waals surface area contributed by atoms with Crippen LogP contribution < -0.4 is 5.32 Å². The minimum atomic E-state index is -0.0197. The summed E-state index contributed by atoms with van der Waals surface area (Å²) >= 11 is 0. The first-order chi connectivity index (χ1) is 17.6. The molecule has 0 saturated heterocycles. The molecule has 0 aromatic heterocycles. The summed E-state index contributed by atoms with van der Waals surface area (Å²) in [5, 5.41) is 8.82. The molecule has 1 heteroatoms. The monoisotopic (exact) mass is 461 g/mol. The Labute approximate surface area is 212 Å². The average molecular weight is 462 g/mol. The standard InChI is InChI=1S/C35H27N/c1-35(2)31-14-8-7-13-29(31)30-19-18-27(22-32(30)35)36-33-20-17-24-10-5-6-12-28(24)34(33)26-16-15-23-9-3-4-11-25(23)21-26/h3-22,36H,1-2H3. The molecule has 1 aliphatic rings. The van der Waals surface area contributed by atoms with E-state index in [0.29, 0.717) is 0 Å². The highest BCUT2D eigenvalue weighted by Gasteiger charge is 2.35. The first kappa shape index (κ1) is 21.0. The van der Waals surface area contributed by atoms with Gasteiger partial charge in [-0.25, -0.2) is 0 Å². The van der Waals surface area contributed by atoms with E-state index in [-0.39, 0.29) is 5.41 Å². The Balaban J connectivity index is 1.38. The number of benzene rings is 6. The van der Waals surface area contributed by atoms with E-state index >= 15 is 0 Å². The van der Waals surface area contributed by atoms with Crippen molar-refractivity contribution in [3.63, 3.8) is 0 Å². The van der Waals surface area contributed by atoms with Crippen LogP contribution in [0.5, 0.6) is 0 Å². The summed E-state index contributed by atoms with van der Waals surface area (Å²) < 4.78 is 0. The molecule has 0 aliphatic heterocycles. The Bertz CT molecular complexity index is 1790. The average Bonchev–Trinajstić information content (AvgIpc) is 3.14. The summed E-state index contributed by atoms with van der Waals surface area (Å²) in [7, 11) is 0. The van der Waals surface area contributed by atoms with Crippen molar-refractivity contribution < 1.29 is 0 Å². The molecule has 36 heavy (non-hydrogen) atoms. The molecule has 1 N–H and O–H groups in total. The predicted molar refractivity (Wildman–Crippen MR) is 154 cm³/mol. The van der Waals surface area contributed by atoms with Crippen molar-refractivity contribution >= 4 is 32.9 Å². The Morgan fingerprint density at radius 3 is 2.11 bits per heavy atom. The van der Waals surface area contributed by atoms with E-state index in [1.54, 1.807) is 0 Å².